The van der Waals surface area contributed by atoms with Gasteiger partial charge >= 0.3 is 12.1 Å². The van der Waals surface area contributed by atoms with Crippen molar-refractivity contribution < 1.29 is 32.6 Å². The second-order valence-electron chi connectivity index (χ2n) is 8.45. The first-order valence-electron chi connectivity index (χ1n) is 10.9. The van der Waals surface area contributed by atoms with Crippen molar-refractivity contribution in [3.63, 3.8) is 0 Å². The summed E-state index contributed by atoms with van der Waals surface area (Å²) in [5, 5.41) is 18.0. The van der Waals surface area contributed by atoms with Crippen LogP contribution in [-0.4, -0.2) is 51.5 Å². The quantitative estimate of drug-likeness (QED) is 0.434. The minimum atomic E-state index is -5.08. The summed E-state index contributed by atoms with van der Waals surface area (Å²) in [7, 11) is 0. The molecule has 12 heteroatoms. The largest absolute Gasteiger partial charge is 0.490 e. The number of alkyl halides is 3. The molecule has 0 saturated carbocycles. The Bertz CT molecular complexity index is 1240. The third-order valence-corrected chi connectivity index (χ3v) is 6.05. The fraction of sp³-hybridized carbons (Fsp3) is 0.348. The first kappa shape index (κ1) is 24.3. The van der Waals surface area contributed by atoms with Crippen LogP contribution in [0.25, 0.3) is 5.52 Å². The van der Waals surface area contributed by atoms with Crippen molar-refractivity contribution in [3.05, 3.63) is 59.9 Å². The Labute approximate surface area is 198 Å². The summed E-state index contributed by atoms with van der Waals surface area (Å²) in [6, 6.07) is 11.4. The summed E-state index contributed by atoms with van der Waals surface area (Å²) in [5.41, 5.74) is 8.52. The van der Waals surface area contributed by atoms with Crippen LogP contribution in [0, 0.1) is 0 Å². The van der Waals surface area contributed by atoms with Gasteiger partial charge in [0.2, 0.25) is 0 Å². The van der Waals surface area contributed by atoms with Crippen LogP contribution in [-0.2, 0) is 4.79 Å². The van der Waals surface area contributed by atoms with Crippen LogP contribution in [0.3, 0.4) is 0 Å². The van der Waals surface area contributed by atoms with Gasteiger partial charge < -0.3 is 26.2 Å². The fourth-order valence-corrected chi connectivity index (χ4v) is 4.34. The number of hydrogen-bond donors (Lipinski definition) is 4. The van der Waals surface area contributed by atoms with Gasteiger partial charge in [0.1, 0.15) is 11.4 Å². The van der Waals surface area contributed by atoms with E-state index in [-0.39, 0.29) is 17.6 Å². The van der Waals surface area contributed by atoms with E-state index in [1.807, 2.05) is 24.3 Å². The number of carboxylic acids is 1. The number of piperidine rings is 1. The number of pyridine rings is 1. The molecule has 5 rings (SSSR count). The van der Waals surface area contributed by atoms with Crippen molar-refractivity contribution in [3.8, 4) is 5.75 Å². The molecule has 1 fully saturated rings. The Kier molecular flexibility index (Phi) is 6.57. The number of para-hydroxylation sites is 1. The maximum atomic E-state index is 13.1. The Hall–Kier alpha value is -3.80. The number of anilines is 1. The molecule has 1 saturated heterocycles. The standard InChI is InChI=1S/C21H23N5O2.C2HF3O2/c22-14-5-10-26-18(11-14)16(13-24-26)20(27)25-17-12-21(6-8-23-9-7-21)28-19-4-2-1-3-15(17)19;3-2(4,5)1(6)7/h1-5,10-11,13,17,23H,6-9,12,22H2,(H,25,27);(H,6,7). The van der Waals surface area contributed by atoms with E-state index in [0.717, 1.165) is 43.7 Å². The molecule has 186 valence electrons. The zero-order valence-corrected chi connectivity index (χ0v) is 18.5. The summed E-state index contributed by atoms with van der Waals surface area (Å²) in [4.78, 5) is 22.0. The number of nitrogen functional groups attached to an aromatic ring is 1. The average Bonchev–Trinajstić information content (AvgIpc) is 3.22. The van der Waals surface area contributed by atoms with E-state index in [4.69, 9.17) is 20.4 Å². The van der Waals surface area contributed by atoms with Crippen LogP contribution in [0.15, 0.2) is 48.8 Å². The van der Waals surface area contributed by atoms with Gasteiger partial charge in [-0.25, -0.2) is 9.31 Å². The number of aromatic nitrogens is 2. The molecule has 0 bridgehead atoms. The molecule has 4 heterocycles. The molecule has 0 aliphatic carbocycles. The molecule has 35 heavy (non-hydrogen) atoms. The Balaban J connectivity index is 0.000000364. The molecular weight excluding hydrogens is 467 g/mol. The minimum Gasteiger partial charge on any atom is -0.487 e. The molecule has 3 aromatic rings. The molecule has 1 atom stereocenters. The molecule has 2 aliphatic heterocycles. The first-order chi connectivity index (χ1) is 16.6. The fourth-order valence-electron chi connectivity index (χ4n) is 4.34. The highest BCUT2D eigenvalue weighted by Crippen LogP contribution is 2.43. The molecular formula is C23H24F3N5O4. The predicted molar refractivity (Wildman–Crippen MR) is 120 cm³/mol. The van der Waals surface area contributed by atoms with Crippen molar-refractivity contribution in [2.24, 2.45) is 0 Å². The molecule has 2 aromatic heterocycles. The lowest BCUT2D eigenvalue weighted by Crippen LogP contribution is -2.51. The van der Waals surface area contributed by atoms with Crippen LogP contribution in [0.4, 0.5) is 18.9 Å². The van der Waals surface area contributed by atoms with Gasteiger partial charge in [0.15, 0.2) is 0 Å². The van der Waals surface area contributed by atoms with Gasteiger partial charge in [-0.2, -0.15) is 18.3 Å². The van der Waals surface area contributed by atoms with Crippen molar-refractivity contribution in [1.82, 2.24) is 20.2 Å². The van der Waals surface area contributed by atoms with Crippen molar-refractivity contribution in [1.29, 1.82) is 0 Å². The number of benzene rings is 1. The van der Waals surface area contributed by atoms with Gasteiger partial charge in [-0.15, -0.1) is 0 Å². The lowest BCUT2D eigenvalue weighted by Gasteiger charge is -2.44. The maximum absolute atomic E-state index is 13.1. The van der Waals surface area contributed by atoms with Gasteiger partial charge in [0.25, 0.3) is 5.91 Å². The number of aliphatic carboxylic acids is 1. The van der Waals surface area contributed by atoms with E-state index < -0.39 is 12.1 Å². The zero-order valence-electron chi connectivity index (χ0n) is 18.5. The van der Waals surface area contributed by atoms with E-state index >= 15 is 0 Å². The summed E-state index contributed by atoms with van der Waals surface area (Å²) in [5.74, 6) is -2.04. The van der Waals surface area contributed by atoms with Gasteiger partial charge in [-0.3, -0.25) is 4.79 Å². The third-order valence-electron chi connectivity index (χ3n) is 6.05. The lowest BCUT2D eigenvalue weighted by atomic mass is 9.81. The van der Waals surface area contributed by atoms with Gasteiger partial charge in [0.05, 0.1) is 23.3 Å². The molecule has 9 nitrogen and oxygen atoms in total. The van der Waals surface area contributed by atoms with Crippen molar-refractivity contribution in [2.45, 2.75) is 37.1 Å². The number of fused-ring (bicyclic) bond motifs is 2. The topological polar surface area (TPSA) is 131 Å². The molecule has 1 unspecified atom stereocenters. The summed E-state index contributed by atoms with van der Waals surface area (Å²) >= 11 is 0. The number of nitrogens with one attached hydrogen (secondary N) is 2. The van der Waals surface area contributed by atoms with Crippen molar-refractivity contribution in [2.75, 3.05) is 18.8 Å². The normalized spacial score (nSPS) is 18.7. The van der Waals surface area contributed by atoms with Crippen LogP contribution in [0.5, 0.6) is 5.75 Å². The number of amides is 1. The molecule has 0 radical (unpaired) electrons. The average molecular weight is 491 g/mol. The predicted octanol–water partition coefficient (Wildman–Crippen LogP) is 2.93. The van der Waals surface area contributed by atoms with Crippen molar-refractivity contribution >= 4 is 23.1 Å². The first-order valence-corrected chi connectivity index (χ1v) is 10.9. The lowest BCUT2D eigenvalue weighted by molar-refractivity contribution is -0.192. The Morgan fingerprint density at radius 3 is 2.60 bits per heavy atom. The van der Waals surface area contributed by atoms with E-state index in [1.165, 1.54) is 0 Å². The highest BCUT2D eigenvalue weighted by atomic mass is 19.4. The maximum Gasteiger partial charge on any atom is 0.490 e. The molecule has 5 N–H and O–H groups in total. The van der Waals surface area contributed by atoms with E-state index in [9.17, 15) is 18.0 Å². The summed E-state index contributed by atoms with van der Waals surface area (Å²) in [6.07, 6.45) is 0.894. The number of halogens is 3. The van der Waals surface area contributed by atoms with Crippen LogP contribution < -0.4 is 21.1 Å². The summed E-state index contributed by atoms with van der Waals surface area (Å²) in [6.45, 7) is 1.85. The number of rotatable bonds is 2. The van der Waals surface area contributed by atoms with Gasteiger partial charge in [-0.1, -0.05) is 18.2 Å². The molecule has 2 aliphatic rings. The van der Waals surface area contributed by atoms with Crippen LogP contribution >= 0.6 is 0 Å². The second kappa shape index (κ2) is 9.45. The number of hydrogen-bond acceptors (Lipinski definition) is 6. The smallest absolute Gasteiger partial charge is 0.487 e. The number of ether oxygens (including phenoxy) is 1. The van der Waals surface area contributed by atoms with E-state index in [2.05, 4.69) is 15.7 Å². The molecule has 1 spiro atoms. The van der Waals surface area contributed by atoms with E-state index in [1.54, 1.807) is 29.0 Å². The monoisotopic (exact) mass is 491 g/mol. The molecule has 1 amide bonds. The highest BCUT2D eigenvalue weighted by molar-refractivity contribution is 6.01. The highest BCUT2D eigenvalue weighted by Gasteiger charge is 2.42. The number of carboxylic acid groups (broad SMARTS) is 1. The second-order valence-corrected chi connectivity index (χ2v) is 8.45. The third kappa shape index (κ3) is 5.32. The minimum absolute atomic E-state index is 0.105. The Morgan fingerprint density at radius 2 is 1.91 bits per heavy atom. The Morgan fingerprint density at radius 1 is 1.23 bits per heavy atom. The van der Waals surface area contributed by atoms with Crippen LogP contribution in [0.2, 0.25) is 0 Å². The molecule has 1 aromatic carbocycles. The van der Waals surface area contributed by atoms with Crippen LogP contribution in [0.1, 0.15) is 41.2 Å². The van der Waals surface area contributed by atoms with E-state index in [0.29, 0.717) is 16.8 Å². The summed E-state index contributed by atoms with van der Waals surface area (Å²) < 4.78 is 39.8. The van der Waals surface area contributed by atoms with Gasteiger partial charge in [0, 0.05) is 23.9 Å². The number of carbonyl (C=O) groups is 2. The number of nitrogens with zero attached hydrogens (tertiary/aromatic N) is 2. The van der Waals surface area contributed by atoms with Gasteiger partial charge in [-0.05, 0) is 44.1 Å². The SMILES string of the molecule is Nc1ccn2ncc(C(=O)NC3CC4(CCNCC4)Oc4ccccc43)c2c1.O=C(O)C(F)(F)F. The zero-order chi connectivity index (χ0) is 25.2. The number of carbonyl (C=O) groups excluding carboxylic acids is 1. The number of nitrogens with two attached hydrogens (primary N) is 1.